The minimum absolute atomic E-state index is 0.0532. The van der Waals surface area contributed by atoms with E-state index in [1.54, 1.807) is 41.9 Å². The van der Waals surface area contributed by atoms with E-state index in [1.807, 2.05) is 35.8 Å². The fourth-order valence-electron chi connectivity index (χ4n) is 6.31. The van der Waals surface area contributed by atoms with E-state index in [0.29, 0.717) is 29.8 Å². The van der Waals surface area contributed by atoms with Crippen LogP contribution in [0.2, 0.25) is 5.02 Å². The maximum Gasteiger partial charge on any atom is 0.408 e. The Labute approximate surface area is 322 Å². The number of carboxylic acids is 1. The van der Waals surface area contributed by atoms with Gasteiger partial charge in [0.1, 0.15) is 22.5 Å². The molecule has 4 heterocycles. The van der Waals surface area contributed by atoms with Gasteiger partial charge in [-0.2, -0.15) is 0 Å². The average Bonchev–Trinajstić information content (AvgIpc) is 3.60. The number of benzene rings is 2. The molecule has 2 aromatic carbocycles. The van der Waals surface area contributed by atoms with Crippen molar-refractivity contribution in [2.45, 2.75) is 59.6 Å². The van der Waals surface area contributed by atoms with Gasteiger partial charge in [-0.25, -0.2) is 9.59 Å². The molecule has 2 aliphatic rings. The van der Waals surface area contributed by atoms with Crippen LogP contribution in [0.5, 0.6) is 0 Å². The Morgan fingerprint density at radius 3 is 2.35 bits per heavy atom. The number of fused-ring (bicyclic) bond motifs is 3. The Bertz CT molecular complexity index is 2230. The van der Waals surface area contributed by atoms with Crippen LogP contribution in [0.25, 0.3) is 5.00 Å². The highest BCUT2D eigenvalue weighted by Gasteiger charge is 2.34. The topological polar surface area (TPSA) is 159 Å². The molecular weight excluding hydrogens is 730 g/mol. The van der Waals surface area contributed by atoms with Crippen LogP contribution < -0.4 is 5.32 Å². The van der Waals surface area contributed by atoms with Crippen LogP contribution in [0.3, 0.4) is 0 Å². The molecule has 0 aliphatic carbocycles. The first-order chi connectivity index (χ1) is 25.6. The van der Waals surface area contributed by atoms with Crippen LogP contribution in [0.15, 0.2) is 47.5 Å². The van der Waals surface area contributed by atoms with Gasteiger partial charge in [-0.15, -0.1) is 21.5 Å². The summed E-state index contributed by atoms with van der Waals surface area (Å²) < 4.78 is 7.20. The number of carboxylic acid groups (broad SMARTS) is 1. The summed E-state index contributed by atoms with van der Waals surface area (Å²) in [7, 11) is 0. The van der Waals surface area contributed by atoms with Gasteiger partial charge in [0.2, 0.25) is 5.91 Å². The highest BCUT2D eigenvalue weighted by Crippen LogP contribution is 2.39. The number of piperazine rings is 1. The van der Waals surface area contributed by atoms with Crippen molar-refractivity contribution in [3.63, 3.8) is 0 Å². The van der Waals surface area contributed by atoms with E-state index in [1.165, 1.54) is 18.2 Å². The summed E-state index contributed by atoms with van der Waals surface area (Å²) >= 11 is 7.88. The molecule has 2 aromatic heterocycles. The minimum Gasteiger partial charge on any atom is -0.478 e. The molecule has 1 atom stereocenters. The van der Waals surface area contributed by atoms with Crippen molar-refractivity contribution < 1.29 is 29.0 Å². The molecule has 54 heavy (non-hydrogen) atoms. The summed E-state index contributed by atoms with van der Waals surface area (Å²) in [4.78, 5) is 61.1. The first kappa shape index (κ1) is 38.2. The van der Waals surface area contributed by atoms with Crippen LogP contribution >= 0.6 is 22.9 Å². The molecule has 1 saturated heterocycles. The number of carbonyl (C=O) groups excluding carboxylic acids is 3. The number of aliphatic imine (C=N–C) groups is 1. The molecule has 0 spiro atoms. The van der Waals surface area contributed by atoms with Crippen molar-refractivity contribution in [1.29, 1.82) is 0 Å². The predicted molar refractivity (Wildman–Crippen MR) is 205 cm³/mol. The number of nitrogens with zero attached hydrogens (tertiary/aromatic N) is 6. The molecule has 1 fully saturated rings. The Morgan fingerprint density at radius 2 is 1.69 bits per heavy atom. The van der Waals surface area contributed by atoms with E-state index in [4.69, 9.17) is 21.3 Å². The number of thiophene rings is 1. The number of hydrogen-bond acceptors (Lipinski definition) is 9. The van der Waals surface area contributed by atoms with Gasteiger partial charge in [0, 0.05) is 58.3 Å². The Morgan fingerprint density at radius 1 is 1.00 bits per heavy atom. The third-order valence-corrected chi connectivity index (χ3v) is 10.5. The summed E-state index contributed by atoms with van der Waals surface area (Å²) in [5.41, 5.74) is 3.37. The van der Waals surface area contributed by atoms with E-state index < -0.39 is 23.7 Å². The van der Waals surface area contributed by atoms with Gasteiger partial charge in [-0.1, -0.05) is 35.6 Å². The predicted octanol–water partition coefficient (Wildman–Crippen LogP) is 5.75. The lowest BCUT2D eigenvalue weighted by Crippen LogP contribution is -2.50. The van der Waals surface area contributed by atoms with E-state index >= 15 is 0 Å². The van der Waals surface area contributed by atoms with Gasteiger partial charge in [-0.3, -0.25) is 19.1 Å². The number of aromatic nitrogens is 3. The van der Waals surface area contributed by atoms with Crippen LogP contribution in [0.4, 0.5) is 4.79 Å². The molecule has 0 radical (unpaired) electrons. The normalized spacial score (nSPS) is 15.2. The van der Waals surface area contributed by atoms with Crippen molar-refractivity contribution in [1.82, 2.24) is 29.9 Å². The van der Waals surface area contributed by atoms with Crippen molar-refractivity contribution in [2.24, 2.45) is 4.99 Å². The van der Waals surface area contributed by atoms with Gasteiger partial charge < -0.3 is 25.0 Å². The molecule has 0 saturated carbocycles. The third-order valence-electron chi connectivity index (χ3n) is 9.08. The maximum absolute atomic E-state index is 13.9. The molecule has 3 amide bonds. The van der Waals surface area contributed by atoms with Crippen molar-refractivity contribution in [3.05, 3.63) is 97.4 Å². The highest BCUT2D eigenvalue weighted by molar-refractivity contribution is 7.15. The maximum atomic E-state index is 13.9. The number of halogens is 1. The standard InChI is InChI=1S/C39H40ClN7O6S/c1-22-23(2)54-36-32(22)33(25-9-12-28(40)13-10-25)42-30(34-44-43-24(3)47(34)36)21-31(48)45-16-18-46(19-17-45)35(49)27-11-14-29(37(50)51)26(20-27)8-7-15-41-38(52)53-39(4,5)6/h9-14,20,30H,15-19,21H2,1-6H3,(H,41,52)(H,50,51)/t30-/m0/s1. The molecule has 6 rings (SSSR count). The van der Waals surface area contributed by atoms with Crippen LogP contribution in [0, 0.1) is 32.6 Å². The summed E-state index contributed by atoms with van der Waals surface area (Å²) in [6.45, 7) is 12.3. The van der Waals surface area contributed by atoms with Crippen LogP contribution in [-0.4, -0.2) is 97.6 Å². The average molecular weight is 770 g/mol. The van der Waals surface area contributed by atoms with Crippen molar-refractivity contribution >= 4 is 52.5 Å². The molecule has 280 valence electrons. The lowest BCUT2D eigenvalue weighted by Gasteiger charge is -2.35. The monoisotopic (exact) mass is 769 g/mol. The van der Waals surface area contributed by atoms with Gasteiger partial charge >= 0.3 is 12.1 Å². The van der Waals surface area contributed by atoms with Crippen LogP contribution in [-0.2, 0) is 9.53 Å². The quantitative estimate of drug-likeness (QED) is 0.235. The van der Waals surface area contributed by atoms with Gasteiger partial charge in [0.15, 0.2) is 5.82 Å². The van der Waals surface area contributed by atoms with E-state index in [2.05, 4.69) is 41.2 Å². The largest absolute Gasteiger partial charge is 0.478 e. The Kier molecular flexibility index (Phi) is 10.9. The summed E-state index contributed by atoms with van der Waals surface area (Å²) in [5, 5.41) is 22.7. The van der Waals surface area contributed by atoms with Crippen LogP contribution in [0.1, 0.15) is 92.7 Å². The summed E-state index contributed by atoms with van der Waals surface area (Å²) in [6.07, 6.45) is -0.598. The number of hydrogen-bond donors (Lipinski definition) is 2. The number of rotatable bonds is 6. The summed E-state index contributed by atoms with van der Waals surface area (Å²) in [5.74, 6) is 5.14. The first-order valence-corrected chi connectivity index (χ1v) is 18.6. The molecule has 4 aromatic rings. The Hall–Kier alpha value is -5.52. The number of carbonyl (C=O) groups is 4. The SMILES string of the molecule is Cc1sc2c(c1C)C(c1ccc(Cl)cc1)=N[C@@H](CC(=O)N1CCN(C(=O)c3ccc(C(=O)O)c(C#CCNC(=O)OC(C)(C)C)c3)CC1)c1nnc(C)n1-2. The van der Waals surface area contributed by atoms with E-state index in [9.17, 15) is 24.3 Å². The van der Waals surface area contributed by atoms with Gasteiger partial charge in [-0.05, 0) is 77.4 Å². The van der Waals surface area contributed by atoms with Crippen molar-refractivity contribution in [2.75, 3.05) is 32.7 Å². The van der Waals surface area contributed by atoms with Gasteiger partial charge in [0.05, 0.1) is 24.2 Å². The smallest absolute Gasteiger partial charge is 0.408 e. The molecular formula is C39H40ClN7O6S. The lowest BCUT2D eigenvalue weighted by atomic mass is 9.99. The van der Waals surface area contributed by atoms with E-state index in [0.717, 1.165) is 32.3 Å². The molecule has 13 nitrogen and oxygen atoms in total. The molecule has 0 bridgehead atoms. The third kappa shape index (κ3) is 8.17. The number of aryl methyl sites for hydroxylation is 2. The fraction of sp³-hybridized carbons (Fsp3) is 0.359. The second-order valence-corrected chi connectivity index (χ2v) is 15.6. The second kappa shape index (κ2) is 15.5. The second-order valence-electron chi connectivity index (χ2n) is 14.0. The zero-order chi connectivity index (χ0) is 38.9. The zero-order valence-corrected chi connectivity index (χ0v) is 32.4. The number of aromatic carboxylic acids is 1. The molecule has 0 unspecified atom stereocenters. The first-order valence-electron chi connectivity index (χ1n) is 17.4. The fourth-order valence-corrected chi connectivity index (χ4v) is 7.65. The molecule has 2 N–H and O–H groups in total. The number of alkyl carbamates (subject to hydrolysis) is 1. The van der Waals surface area contributed by atoms with Crippen molar-refractivity contribution in [3.8, 4) is 16.8 Å². The Balaban J connectivity index is 1.16. The zero-order valence-electron chi connectivity index (χ0n) is 30.8. The number of nitrogens with one attached hydrogen (secondary N) is 1. The van der Waals surface area contributed by atoms with Gasteiger partial charge in [0.25, 0.3) is 5.91 Å². The number of ether oxygens (including phenoxy) is 1. The highest BCUT2D eigenvalue weighted by atomic mass is 35.5. The molecule has 2 aliphatic heterocycles. The number of amides is 3. The molecule has 15 heteroatoms. The minimum atomic E-state index is -1.20. The summed E-state index contributed by atoms with van der Waals surface area (Å²) in [6, 6.07) is 11.1. The lowest BCUT2D eigenvalue weighted by molar-refractivity contribution is -0.133. The van der Waals surface area contributed by atoms with E-state index in [-0.39, 0.29) is 54.6 Å².